The van der Waals surface area contributed by atoms with Crippen LogP contribution in [0.15, 0.2) is 21.4 Å². The lowest BCUT2D eigenvalue weighted by Crippen LogP contribution is -1.64. The molecule has 0 atom stereocenters. The SMILES string of the molecule is N#CC#Cc1ccoc1Br. The third-order valence-electron chi connectivity index (χ3n) is 0.871. The Bertz CT molecular complexity index is 323. The molecule has 1 aromatic heterocycles. The Labute approximate surface area is 66.6 Å². The predicted molar refractivity (Wildman–Crippen MR) is 38.9 cm³/mol. The monoisotopic (exact) mass is 195 g/mol. The number of rotatable bonds is 0. The molecule has 0 radical (unpaired) electrons. The number of nitrogens with zero attached hydrogens (tertiary/aromatic N) is 1. The van der Waals surface area contributed by atoms with Crippen LogP contribution in [-0.2, 0) is 0 Å². The molecule has 0 amide bonds. The lowest BCUT2D eigenvalue weighted by atomic mass is 10.3. The van der Waals surface area contributed by atoms with Gasteiger partial charge in [0.25, 0.3) is 0 Å². The second-order valence-corrected chi connectivity index (χ2v) is 2.19. The average Bonchev–Trinajstić information content (AvgIpc) is 2.31. The fraction of sp³-hybridized carbons (Fsp3) is 0. The first-order chi connectivity index (χ1) is 4.84. The van der Waals surface area contributed by atoms with Gasteiger partial charge in [0.15, 0.2) is 10.7 Å². The molecule has 0 saturated heterocycles. The molecule has 3 heteroatoms. The molecule has 0 bridgehead atoms. The summed E-state index contributed by atoms with van der Waals surface area (Å²) in [6.45, 7) is 0. The van der Waals surface area contributed by atoms with Crippen molar-refractivity contribution in [2.24, 2.45) is 0 Å². The summed E-state index contributed by atoms with van der Waals surface area (Å²) in [6, 6.07) is 3.40. The zero-order chi connectivity index (χ0) is 7.40. The third-order valence-corrected chi connectivity index (χ3v) is 1.49. The first kappa shape index (κ1) is 6.92. The van der Waals surface area contributed by atoms with Gasteiger partial charge in [-0.25, -0.2) is 0 Å². The molecule has 1 heterocycles. The summed E-state index contributed by atoms with van der Waals surface area (Å²) in [4.78, 5) is 0. The summed E-state index contributed by atoms with van der Waals surface area (Å²) in [5.41, 5.74) is 0.696. The van der Waals surface area contributed by atoms with Crippen molar-refractivity contribution < 1.29 is 4.42 Å². The Morgan fingerprint density at radius 1 is 1.60 bits per heavy atom. The maximum Gasteiger partial charge on any atom is 0.184 e. The standard InChI is InChI=1S/C7H2BrNO/c8-7-6(2-1-4-9)3-5-10-7/h3,5H. The number of hydrogen-bond donors (Lipinski definition) is 0. The van der Waals surface area contributed by atoms with Gasteiger partial charge in [-0.2, -0.15) is 5.26 Å². The van der Waals surface area contributed by atoms with Crippen LogP contribution in [0.5, 0.6) is 0 Å². The predicted octanol–water partition coefficient (Wildman–Crippen LogP) is 1.92. The molecule has 1 aromatic rings. The van der Waals surface area contributed by atoms with E-state index in [1.807, 2.05) is 0 Å². The van der Waals surface area contributed by atoms with Gasteiger partial charge in [0.2, 0.25) is 0 Å². The Kier molecular flexibility index (Phi) is 2.15. The molecule has 0 fully saturated rings. The third kappa shape index (κ3) is 1.40. The number of furan rings is 1. The van der Waals surface area contributed by atoms with Gasteiger partial charge in [-0.15, -0.1) is 0 Å². The largest absolute Gasteiger partial charge is 0.456 e. The second kappa shape index (κ2) is 3.10. The number of halogens is 1. The van der Waals surface area contributed by atoms with Crippen molar-refractivity contribution in [3.63, 3.8) is 0 Å². The molecule has 2 nitrogen and oxygen atoms in total. The second-order valence-electron chi connectivity index (χ2n) is 1.47. The van der Waals surface area contributed by atoms with E-state index in [0.29, 0.717) is 10.2 Å². The van der Waals surface area contributed by atoms with E-state index in [-0.39, 0.29) is 0 Å². The fourth-order valence-corrected chi connectivity index (χ4v) is 0.816. The summed E-state index contributed by atoms with van der Waals surface area (Å²) in [5, 5.41) is 8.09. The number of hydrogen-bond acceptors (Lipinski definition) is 2. The molecule has 0 aliphatic heterocycles. The minimum atomic E-state index is 0.565. The van der Waals surface area contributed by atoms with Crippen molar-refractivity contribution in [2.75, 3.05) is 0 Å². The summed E-state index contributed by atoms with van der Waals surface area (Å²) >= 11 is 3.12. The zero-order valence-electron chi connectivity index (χ0n) is 4.89. The van der Waals surface area contributed by atoms with Crippen LogP contribution in [0.2, 0.25) is 0 Å². The van der Waals surface area contributed by atoms with Crippen molar-refractivity contribution in [3.8, 4) is 17.9 Å². The molecule has 1 rings (SSSR count). The van der Waals surface area contributed by atoms with Gasteiger partial charge in [0.05, 0.1) is 11.8 Å². The molecule has 0 aliphatic carbocycles. The molecule has 48 valence electrons. The zero-order valence-corrected chi connectivity index (χ0v) is 6.47. The Morgan fingerprint density at radius 3 is 2.90 bits per heavy atom. The van der Waals surface area contributed by atoms with Crippen molar-refractivity contribution in [1.29, 1.82) is 5.26 Å². The summed E-state index contributed by atoms with van der Waals surface area (Å²) in [6.07, 6.45) is 1.51. The Hall–Kier alpha value is -1.19. The van der Waals surface area contributed by atoms with E-state index in [2.05, 4.69) is 27.8 Å². The highest BCUT2D eigenvalue weighted by atomic mass is 79.9. The van der Waals surface area contributed by atoms with E-state index >= 15 is 0 Å². The lowest BCUT2D eigenvalue weighted by molar-refractivity contribution is 0.540. The number of nitriles is 1. The van der Waals surface area contributed by atoms with Gasteiger partial charge < -0.3 is 4.42 Å². The Balaban J connectivity index is 2.97. The average molecular weight is 196 g/mol. The van der Waals surface area contributed by atoms with Crippen LogP contribution in [0.4, 0.5) is 0 Å². The van der Waals surface area contributed by atoms with E-state index in [1.54, 1.807) is 12.1 Å². The van der Waals surface area contributed by atoms with E-state index in [9.17, 15) is 0 Å². The summed E-state index contributed by atoms with van der Waals surface area (Å²) in [5.74, 6) is 4.85. The van der Waals surface area contributed by atoms with Gasteiger partial charge in [0.1, 0.15) is 0 Å². The highest BCUT2D eigenvalue weighted by Gasteiger charge is 1.96. The van der Waals surface area contributed by atoms with Crippen LogP contribution in [0, 0.1) is 23.2 Å². The van der Waals surface area contributed by atoms with Crippen LogP contribution in [0.25, 0.3) is 0 Å². The van der Waals surface area contributed by atoms with Crippen LogP contribution in [0.3, 0.4) is 0 Å². The van der Waals surface area contributed by atoms with Crippen LogP contribution in [-0.4, -0.2) is 0 Å². The normalized spacial score (nSPS) is 7.60. The van der Waals surface area contributed by atoms with Crippen molar-refractivity contribution in [1.82, 2.24) is 0 Å². The molecular formula is C7H2BrNO. The van der Waals surface area contributed by atoms with Gasteiger partial charge in [-0.3, -0.25) is 0 Å². The van der Waals surface area contributed by atoms with Crippen LogP contribution < -0.4 is 0 Å². The van der Waals surface area contributed by atoms with Crippen molar-refractivity contribution >= 4 is 15.9 Å². The first-order valence-corrected chi connectivity index (χ1v) is 3.27. The minimum absolute atomic E-state index is 0.565. The van der Waals surface area contributed by atoms with Crippen LogP contribution >= 0.6 is 15.9 Å². The van der Waals surface area contributed by atoms with Crippen molar-refractivity contribution in [3.05, 3.63) is 22.6 Å². The van der Waals surface area contributed by atoms with Gasteiger partial charge in [-0.1, -0.05) is 0 Å². The van der Waals surface area contributed by atoms with E-state index in [1.165, 1.54) is 6.26 Å². The molecule has 0 spiro atoms. The van der Waals surface area contributed by atoms with E-state index in [4.69, 9.17) is 9.68 Å². The molecule has 0 aromatic carbocycles. The molecule has 0 N–H and O–H groups in total. The molecular weight excluding hydrogens is 194 g/mol. The summed E-state index contributed by atoms with van der Waals surface area (Å²) in [7, 11) is 0. The maximum absolute atomic E-state index is 8.09. The maximum atomic E-state index is 8.09. The fourth-order valence-electron chi connectivity index (χ4n) is 0.477. The quantitative estimate of drug-likeness (QED) is 0.594. The first-order valence-electron chi connectivity index (χ1n) is 2.47. The molecule has 0 unspecified atom stereocenters. The Morgan fingerprint density at radius 2 is 2.40 bits per heavy atom. The highest BCUT2D eigenvalue weighted by molar-refractivity contribution is 9.10. The highest BCUT2D eigenvalue weighted by Crippen LogP contribution is 2.15. The molecule has 10 heavy (non-hydrogen) atoms. The van der Waals surface area contributed by atoms with Crippen LogP contribution in [0.1, 0.15) is 5.56 Å². The van der Waals surface area contributed by atoms with Gasteiger partial charge in [-0.05, 0) is 27.9 Å². The minimum Gasteiger partial charge on any atom is -0.456 e. The van der Waals surface area contributed by atoms with Crippen molar-refractivity contribution in [2.45, 2.75) is 0 Å². The molecule has 0 saturated carbocycles. The van der Waals surface area contributed by atoms with E-state index < -0.39 is 0 Å². The smallest absolute Gasteiger partial charge is 0.184 e. The van der Waals surface area contributed by atoms with E-state index in [0.717, 1.165) is 0 Å². The van der Waals surface area contributed by atoms with Gasteiger partial charge in [0, 0.05) is 5.92 Å². The molecule has 0 aliphatic rings. The topological polar surface area (TPSA) is 36.9 Å². The summed E-state index contributed by atoms with van der Waals surface area (Å²) < 4.78 is 5.43. The lowest BCUT2D eigenvalue weighted by Gasteiger charge is -1.77. The van der Waals surface area contributed by atoms with Gasteiger partial charge >= 0.3 is 0 Å².